The maximum Gasteiger partial charge on any atom is 0.373 e. The molecule has 0 unspecified atom stereocenters. The molecule has 0 aliphatic rings. The van der Waals surface area contributed by atoms with E-state index in [1.807, 2.05) is 0 Å². The molecule has 0 amide bonds. The van der Waals surface area contributed by atoms with Crippen molar-refractivity contribution in [2.45, 2.75) is 0 Å². The summed E-state index contributed by atoms with van der Waals surface area (Å²) in [5, 5.41) is 14.8. The second kappa shape index (κ2) is 8.40. The number of aromatic nitrogens is 2. The lowest BCUT2D eigenvalue weighted by Crippen LogP contribution is -2.04. The van der Waals surface area contributed by atoms with E-state index in [4.69, 9.17) is 25.8 Å². The van der Waals surface area contributed by atoms with Crippen LogP contribution in [0.15, 0.2) is 48.8 Å². The van der Waals surface area contributed by atoms with Crippen molar-refractivity contribution in [3.8, 4) is 23.1 Å². The smallest absolute Gasteiger partial charge is 0.373 e. The van der Waals surface area contributed by atoms with Crippen molar-refractivity contribution in [2.24, 2.45) is 0 Å². The van der Waals surface area contributed by atoms with Crippen LogP contribution in [0.1, 0.15) is 0 Å². The number of hydrogen-bond donors (Lipinski definition) is 1. The molecule has 0 spiro atoms. The zero-order chi connectivity index (χ0) is 20.1. The monoisotopic (exact) mass is 402 g/mol. The molecule has 0 aliphatic carbocycles. The summed E-state index contributed by atoms with van der Waals surface area (Å²) < 4.78 is 16.0. The summed E-state index contributed by atoms with van der Waals surface area (Å²) in [7, 11) is 2.92. The summed E-state index contributed by atoms with van der Waals surface area (Å²) >= 11 is 6.15. The Morgan fingerprint density at radius 3 is 2.43 bits per heavy atom. The van der Waals surface area contributed by atoms with Crippen LogP contribution in [0, 0.1) is 10.1 Å². The lowest BCUT2D eigenvalue weighted by atomic mass is 10.2. The van der Waals surface area contributed by atoms with Crippen LogP contribution in [0.4, 0.5) is 17.2 Å². The second-order valence-corrected chi connectivity index (χ2v) is 5.77. The summed E-state index contributed by atoms with van der Waals surface area (Å²) in [6, 6.07) is 11.7. The molecule has 0 bridgehead atoms. The van der Waals surface area contributed by atoms with Gasteiger partial charge >= 0.3 is 11.6 Å². The summed E-state index contributed by atoms with van der Waals surface area (Å²) in [5.74, 6) is 0.882. The van der Waals surface area contributed by atoms with Gasteiger partial charge in [-0.25, -0.2) is 4.98 Å². The van der Waals surface area contributed by atoms with Crippen LogP contribution < -0.4 is 19.5 Å². The second-order valence-electron chi connectivity index (χ2n) is 5.36. The fourth-order valence-electron chi connectivity index (χ4n) is 2.38. The largest absolute Gasteiger partial charge is 0.495 e. The van der Waals surface area contributed by atoms with E-state index in [-0.39, 0.29) is 11.7 Å². The molecule has 0 fully saturated rings. The Kier molecular flexibility index (Phi) is 5.75. The molecule has 1 heterocycles. The van der Waals surface area contributed by atoms with E-state index in [9.17, 15) is 10.1 Å². The molecule has 9 nitrogen and oxygen atoms in total. The third-order valence-corrected chi connectivity index (χ3v) is 3.95. The van der Waals surface area contributed by atoms with Gasteiger partial charge in [-0.05, 0) is 18.2 Å². The van der Waals surface area contributed by atoms with E-state index in [0.717, 1.165) is 6.33 Å². The molecule has 0 saturated carbocycles. The Morgan fingerprint density at radius 1 is 1.07 bits per heavy atom. The molecule has 144 valence electrons. The zero-order valence-electron chi connectivity index (χ0n) is 14.9. The minimum Gasteiger partial charge on any atom is -0.495 e. The molecule has 3 aromatic rings. The van der Waals surface area contributed by atoms with Crippen molar-refractivity contribution in [3.05, 3.63) is 63.9 Å². The van der Waals surface area contributed by atoms with Gasteiger partial charge in [0.2, 0.25) is 5.82 Å². The van der Waals surface area contributed by atoms with Gasteiger partial charge in [-0.3, -0.25) is 10.1 Å². The molecular formula is C18H15ClN4O5. The minimum absolute atomic E-state index is 0.0783. The number of hydrogen-bond acceptors (Lipinski definition) is 8. The highest BCUT2D eigenvalue weighted by Crippen LogP contribution is 2.40. The maximum atomic E-state index is 11.7. The Morgan fingerprint density at radius 2 is 1.79 bits per heavy atom. The normalized spacial score (nSPS) is 10.2. The molecule has 28 heavy (non-hydrogen) atoms. The number of nitrogens with zero attached hydrogens (tertiary/aromatic N) is 3. The van der Waals surface area contributed by atoms with E-state index in [1.54, 1.807) is 36.4 Å². The van der Waals surface area contributed by atoms with Crippen LogP contribution in [0.2, 0.25) is 5.02 Å². The third kappa shape index (κ3) is 4.04. The molecular weight excluding hydrogens is 388 g/mol. The molecule has 0 aliphatic heterocycles. The van der Waals surface area contributed by atoms with Crippen molar-refractivity contribution in [3.63, 3.8) is 0 Å². The predicted molar refractivity (Wildman–Crippen MR) is 103 cm³/mol. The SMILES string of the molecule is COc1cc(OC)c(Nc2ncnc(Oc3ccccc3)c2[N+](=O)[O-])cc1Cl. The lowest BCUT2D eigenvalue weighted by molar-refractivity contribution is -0.385. The minimum atomic E-state index is -0.627. The van der Waals surface area contributed by atoms with Crippen LogP contribution in [0.25, 0.3) is 0 Å². The van der Waals surface area contributed by atoms with Crippen LogP contribution in [0.5, 0.6) is 23.1 Å². The fraction of sp³-hybridized carbons (Fsp3) is 0.111. The van der Waals surface area contributed by atoms with E-state index >= 15 is 0 Å². The number of anilines is 2. The zero-order valence-corrected chi connectivity index (χ0v) is 15.6. The number of para-hydroxylation sites is 1. The quantitative estimate of drug-likeness (QED) is 0.451. The van der Waals surface area contributed by atoms with Gasteiger partial charge in [0.05, 0.1) is 29.9 Å². The first-order valence-electron chi connectivity index (χ1n) is 7.94. The number of methoxy groups -OCH3 is 2. The molecule has 0 radical (unpaired) electrons. The Bertz CT molecular complexity index is 1000. The van der Waals surface area contributed by atoms with Crippen LogP contribution in [-0.2, 0) is 0 Å². The van der Waals surface area contributed by atoms with Crippen molar-refractivity contribution < 1.29 is 19.1 Å². The first-order valence-corrected chi connectivity index (χ1v) is 8.32. The van der Waals surface area contributed by atoms with Crippen molar-refractivity contribution in [1.29, 1.82) is 0 Å². The first kappa shape index (κ1) is 19.2. The number of nitrogens with one attached hydrogen (secondary N) is 1. The average Bonchev–Trinajstić information content (AvgIpc) is 2.69. The number of halogens is 1. The number of benzene rings is 2. The van der Waals surface area contributed by atoms with Gasteiger partial charge in [0.1, 0.15) is 23.6 Å². The number of ether oxygens (including phenoxy) is 3. The summed E-state index contributed by atoms with van der Waals surface area (Å²) in [6.45, 7) is 0. The van der Waals surface area contributed by atoms with Crippen LogP contribution >= 0.6 is 11.6 Å². The number of rotatable bonds is 7. The van der Waals surface area contributed by atoms with Crippen LogP contribution in [-0.4, -0.2) is 29.1 Å². The average molecular weight is 403 g/mol. The van der Waals surface area contributed by atoms with Gasteiger partial charge in [-0.2, -0.15) is 4.98 Å². The summed E-state index contributed by atoms with van der Waals surface area (Å²) in [5.41, 5.74) is -0.0684. The first-order chi connectivity index (χ1) is 13.5. The van der Waals surface area contributed by atoms with Gasteiger partial charge in [0, 0.05) is 6.07 Å². The Balaban J connectivity index is 2.02. The number of nitro groups is 1. The third-order valence-electron chi connectivity index (χ3n) is 3.66. The Labute approximate surface area is 165 Å². The van der Waals surface area contributed by atoms with Gasteiger partial charge in [-0.15, -0.1) is 0 Å². The summed E-state index contributed by atoms with van der Waals surface area (Å²) in [6.07, 6.45) is 1.16. The van der Waals surface area contributed by atoms with Gasteiger partial charge in [0.15, 0.2) is 0 Å². The Hall–Kier alpha value is -3.59. The topological polar surface area (TPSA) is 109 Å². The molecule has 1 aromatic heterocycles. The fourth-order valence-corrected chi connectivity index (χ4v) is 2.62. The van der Waals surface area contributed by atoms with Gasteiger partial charge in [-0.1, -0.05) is 29.8 Å². The highest BCUT2D eigenvalue weighted by Gasteiger charge is 2.26. The highest BCUT2D eigenvalue weighted by molar-refractivity contribution is 6.32. The van der Waals surface area contributed by atoms with E-state index in [2.05, 4.69) is 15.3 Å². The summed E-state index contributed by atoms with van der Waals surface area (Å²) in [4.78, 5) is 18.9. The molecule has 10 heteroatoms. The van der Waals surface area contributed by atoms with E-state index in [0.29, 0.717) is 28.0 Å². The van der Waals surface area contributed by atoms with Gasteiger partial charge < -0.3 is 19.5 Å². The molecule has 2 aromatic carbocycles. The van der Waals surface area contributed by atoms with Crippen LogP contribution in [0.3, 0.4) is 0 Å². The lowest BCUT2D eigenvalue weighted by Gasteiger charge is -2.14. The molecule has 1 N–H and O–H groups in total. The molecule has 0 atom stereocenters. The highest BCUT2D eigenvalue weighted by atomic mass is 35.5. The maximum absolute atomic E-state index is 11.7. The van der Waals surface area contributed by atoms with Gasteiger partial charge in [0.25, 0.3) is 0 Å². The van der Waals surface area contributed by atoms with Crippen molar-refractivity contribution in [1.82, 2.24) is 9.97 Å². The molecule has 0 saturated heterocycles. The van der Waals surface area contributed by atoms with Crippen molar-refractivity contribution >= 4 is 28.8 Å². The standard InChI is InChI=1S/C18H15ClN4O5/c1-26-14-9-15(27-2)13(8-12(14)19)22-17-16(23(24)25)18(21-10-20-17)28-11-6-4-3-5-7-11/h3-10H,1-2H3,(H,20,21,22). The predicted octanol–water partition coefficient (Wildman–Crippen LogP) is 4.59. The van der Waals surface area contributed by atoms with E-state index < -0.39 is 10.6 Å². The van der Waals surface area contributed by atoms with E-state index in [1.165, 1.54) is 20.3 Å². The molecule has 3 rings (SSSR count). The van der Waals surface area contributed by atoms with Crippen molar-refractivity contribution in [2.75, 3.05) is 19.5 Å².